The van der Waals surface area contributed by atoms with Gasteiger partial charge in [0.25, 0.3) is 5.91 Å². The molecule has 0 saturated carbocycles. The summed E-state index contributed by atoms with van der Waals surface area (Å²) < 4.78 is 5.96. The van der Waals surface area contributed by atoms with Gasteiger partial charge in [0.1, 0.15) is 5.75 Å². The van der Waals surface area contributed by atoms with E-state index < -0.39 is 0 Å². The lowest BCUT2D eigenvalue weighted by Crippen LogP contribution is -2.22. The monoisotopic (exact) mass is 334 g/mol. The molecule has 0 aliphatic carbocycles. The topological polar surface area (TPSA) is 64.3 Å². The number of hydrogen-bond acceptors (Lipinski definition) is 3. The van der Waals surface area contributed by atoms with Crippen molar-refractivity contribution in [2.24, 2.45) is 0 Å². The Morgan fingerprint density at radius 2 is 2.10 bits per heavy atom. The van der Waals surface area contributed by atoms with E-state index in [1.165, 1.54) is 0 Å². The lowest BCUT2D eigenvalue weighted by Gasteiger charge is -2.09. The average Bonchev–Trinajstić information content (AvgIpc) is 2.45. The van der Waals surface area contributed by atoms with E-state index in [1.807, 2.05) is 18.2 Å². The maximum atomic E-state index is 12.0. The van der Waals surface area contributed by atoms with Crippen LogP contribution in [-0.2, 0) is 6.54 Å². The third-order valence-electron chi connectivity index (χ3n) is 2.83. The largest absolute Gasteiger partial charge is 0.495 e. The number of anilines is 1. The van der Waals surface area contributed by atoms with Crippen molar-refractivity contribution in [3.63, 3.8) is 0 Å². The van der Waals surface area contributed by atoms with Crippen molar-refractivity contribution in [2.75, 3.05) is 12.8 Å². The summed E-state index contributed by atoms with van der Waals surface area (Å²) in [5, 5.41) is 2.85. The van der Waals surface area contributed by atoms with Gasteiger partial charge in [0.15, 0.2) is 0 Å². The van der Waals surface area contributed by atoms with Gasteiger partial charge < -0.3 is 15.8 Å². The van der Waals surface area contributed by atoms with Crippen LogP contribution < -0.4 is 15.8 Å². The summed E-state index contributed by atoms with van der Waals surface area (Å²) in [6.07, 6.45) is 0. The van der Waals surface area contributed by atoms with Crippen LogP contribution in [0, 0.1) is 0 Å². The highest BCUT2D eigenvalue weighted by molar-refractivity contribution is 9.10. The van der Waals surface area contributed by atoms with E-state index in [-0.39, 0.29) is 5.91 Å². The van der Waals surface area contributed by atoms with Gasteiger partial charge >= 0.3 is 0 Å². The molecule has 2 aromatic rings. The van der Waals surface area contributed by atoms with Crippen molar-refractivity contribution in [3.8, 4) is 5.75 Å². The summed E-state index contributed by atoms with van der Waals surface area (Å²) in [6, 6.07) is 12.7. The van der Waals surface area contributed by atoms with Crippen LogP contribution >= 0.6 is 15.9 Å². The maximum Gasteiger partial charge on any atom is 0.251 e. The van der Waals surface area contributed by atoms with Crippen LogP contribution in [0.5, 0.6) is 5.75 Å². The summed E-state index contributed by atoms with van der Waals surface area (Å²) in [7, 11) is 1.57. The third-order valence-corrected chi connectivity index (χ3v) is 3.33. The van der Waals surface area contributed by atoms with Crippen LogP contribution in [0.1, 0.15) is 15.9 Å². The molecule has 1 amide bonds. The van der Waals surface area contributed by atoms with E-state index in [4.69, 9.17) is 10.5 Å². The van der Waals surface area contributed by atoms with Crippen LogP contribution in [0.3, 0.4) is 0 Å². The SMILES string of the molecule is COc1ccc(CNC(=O)c2cccc(Br)c2)cc1N. The highest BCUT2D eigenvalue weighted by Gasteiger charge is 2.06. The summed E-state index contributed by atoms with van der Waals surface area (Å²) in [6.45, 7) is 0.416. The molecule has 0 fully saturated rings. The minimum Gasteiger partial charge on any atom is -0.495 e. The Hall–Kier alpha value is -2.01. The molecule has 20 heavy (non-hydrogen) atoms. The second-order valence-electron chi connectivity index (χ2n) is 4.27. The van der Waals surface area contributed by atoms with Crippen LogP contribution in [0.15, 0.2) is 46.9 Å². The van der Waals surface area contributed by atoms with E-state index in [9.17, 15) is 4.79 Å². The Labute approximate surface area is 126 Å². The Bertz CT molecular complexity index is 629. The molecule has 2 rings (SSSR count). The maximum absolute atomic E-state index is 12.0. The fraction of sp³-hybridized carbons (Fsp3) is 0.133. The number of methoxy groups -OCH3 is 1. The minimum atomic E-state index is -0.124. The molecule has 0 saturated heterocycles. The van der Waals surface area contributed by atoms with E-state index in [2.05, 4.69) is 21.2 Å². The third kappa shape index (κ3) is 3.51. The molecular weight excluding hydrogens is 320 g/mol. The molecule has 0 atom stereocenters. The molecule has 0 heterocycles. The Balaban J connectivity index is 2.02. The first kappa shape index (κ1) is 14.4. The zero-order valence-electron chi connectivity index (χ0n) is 11.0. The molecule has 4 nitrogen and oxygen atoms in total. The van der Waals surface area contributed by atoms with E-state index in [0.717, 1.165) is 10.0 Å². The quantitative estimate of drug-likeness (QED) is 0.845. The number of rotatable bonds is 4. The molecule has 0 aromatic heterocycles. The predicted octanol–water partition coefficient (Wildman–Crippen LogP) is 2.97. The van der Waals surface area contributed by atoms with E-state index in [0.29, 0.717) is 23.5 Å². The van der Waals surface area contributed by atoms with Gasteiger partial charge in [-0.05, 0) is 35.9 Å². The molecule has 0 bridgehead atoms. The van der Waals surface area contributed by atoms with Gasteiger partial charge in [-0.1, -0.05) is 28.1 Å². The number of hydrogen-bond donors (Lipinski definition) is 2. The normalized spacial score (nSPS) is 10.1. The summed E-state index contributed by atoms with van der Waals surface area (Å²) in [4.78, 5) is 12.0. The van der Waals surface area contributed by atoms with E-state index in [1.54, 1.807) is 31.4 Å². The fourth-order valence-electron chi connectivity index (χ4n) is 1.81. The fourth-order valence-corrected chi connectivity index (χ4v) is 2.21. The van der Waals surface area contributed by atoms with Gasteiger partial charge in [0, 0.05) is 16.6 Å². The molecule has 104 valence electrons. The number of halogens is 1. The number of carbonyl (C=O) groups excluding carboxylic acids is 1. The molecular formula is C15H15BrN2O2. The first-order valence-corrected chi connectivity index (χ1v) is 6.85. The first-order valence-electron chi connectivity index (χ1n) is 6.06. The van der Waals surface area contributed by atoms with Gasteiger partial charge in [-0.2, -0.15) is 0 Å². The van der Waals surface area contributed by atoms with Crippen LogP contribution in [0.25, 0.3) is 0 Å². The van der Waals surface area contributed by atoms with Crippen LogP contribution in [0.2, 0.25) is 0 Å². The zero-order valence-corrected chi connectivity index (χ0v) is 12.6. The summed E-state index contributed by atoms with van der Waals surface area (Å²) >= 11 is 3.34. The smallest absolute Gasteiger partial charge is 0.251 e. The lowest BCUT2D eigenvalue weighted by molar-refractivity contribution is 0.0951. The molecule has 0 unspecified atom stereocenters. The molecule has 3 N–H and O–H groups in total. The lowest BCUT2D eigenvalue weighted by atomic mass is 10.1. The predicted molar refractivity (Wildman–Crippen MR) is 82.7 cm³/mol. The van der Waals surface area contributed by atoms with E-state index >= 15 is 0 Å². The van der Waals surface area contributed by atoms with Gasteiger partial charge in [-0.25, -0.2) is 0 Å². The van der Waals surface area contributed by atoms with Gasteiger partial charge in [0.2, 0.25) is 0 Å². The molecule has 0 radical (unpaired) electrons. The van der Waals surface area contributed by atoms with Crippen molar-refractivity contribution >= 4 is 27.5 Å². The molecule has 5 heteroatoms. The number of benzene rings is 2. The van der Waals surface area contributed by atoms with Crippen molar-refractivity contribution in [3.05, 3.63) is 58.1 Å². The number of nitrogen functional groups attached to an aromatic ring is 1. The Kier molecular flexibility index (Phi) is 4.63. The van der Waals surface area contributed by atoms with Crippen molar-refractivity contribution in [1.82, 2.24) is 5.32 Å². The molecule has 0 aliphatic rings. The Morgan fingerprint density at radius 3 is 2.75 bits per heavy atom. The highest BCUT2D eigenvalue weighted by atomic mass is 79.9. The number of nitrogens with one attached hydrogen (secondary N) is 1. The zero-order chi connectivity index (χ0) is 14.5. The van der Waals surface area contributed by atoms with Crippen LogP contribution in [-0.4, -0.2) is 13.0 Å². The van der Waals surface area contributed by atoms with Gasteiger partial charge in [-0.3, -0.25) is 4.79 Å². The number of amides is 1. The van der Waals surface area contributed by atoms with Crippen molar-refractivity contribution < 1.29 is 9.53 Å². The first-order chi connectivity index (χ1) is 9.60. The molecule has 0 spiro atoms. The number of nitrogens with two attached hydrogens (primary N) is 1. The molecule has 2 aromatic carbocycles. The number of ether oxygens (including phenoxy) is 1. The van der Waals surface area contributed by atoms with Gasteiger partial charge in [0.05, 0.1) is 12.8 Å². The second kappa shape index (κ2) is 6.43. The highest BCUT2D eigenvalue weighted by Crippen LogP contribution is 2.21. The standard InChI is InChI=1S/C15H15BrN2O2/c1-20-14-6-5-10(7-13(14)17)9-18-15(19)11-3-2-4-12(16)8-11/h2-8H,9,17H2,1H3,(H,18,19). The number of carbonyl (C=O) groups is 1. The van der Waals surface area contributed by atoms with Crippen LogP contribution in [0.4, 0.5) is 5.69 Å². The molecule has 0 aliphatic heterocycles. The Morgan fingerprint density at radius 1 is 1.30 bits per heavy atom. The van der Waals surface area contributed by atoms with Crippen molar-refractivity contribution in [1.29, 1.82) is 0 Å². The average molecular weight is 335 g/mol. The minimum absolute atomic E-state index is 0.124. The summed E-state index contributed by atoms with van der Waals surface area (Å²) in [5.74, 6) is 0.507. The van der Waals surface area contributed by atoms with Crippen molar-refractivity contribution in [2.45, 2.75) is 6.54 Å². The van der Waals surface area contributed by atoms with Gasteiger partial charge in [-0.15, -0.1) is 0 Å². The summed E-state index contributed by atoms with van der Waals surface area (Å²) in [5.41, 5.74) is 7.92. The second-order valence-corrected chi connectivity index (χ2v) is 5.19.